The number of ether oxygens (including phenoxy) is 1. The van der Waals surface area contributed by atoms with Gasteiger partial charge in [0.25, 0.3) is 0 Å². The molecular formula is C14H22N2O2. The van der Waals surface area contributed by atoms with Gasteiger partial charge in [0.05, 0.1) is 5.60 Å². The van der Waals surface area contributed by atoms with Crippen LogP contribution in [0.25, 0.3) is 0 Å². The molecule has 1 unspecified atom stereocenters. The zero-order valence-corrected chi connectivity index (χ0v) is 11.3. The molecule has 4 heteroatoms. The van der Waals surface area contributed by atoms with E-state index in [2.05, 4.69) is 5.32 Å². The van der Waals surface area contributed by atoms with Crippen LogP contribution in [0.4, 0.5) is 0 Å². The van der Waals surface area contributed by atoms with Gasteiger partial charge in [-0.2, -0.15) is 0 Å². The first-order chi connectivity index (χ1) is 8.38. The van der Waals surface area contributed by atoms with Crippen LogP contribution in [-0.4, -0.2) is 24.7 Å². The highest BCUT2D eigenvalue weighted by Gasteiger charge is 2.13. The summed E-state index contributed by atoms with van der Waals surface area (Å²) < 4.78 is 5.38. The van der Waals surface area contributed by atoms with Crippen LogP contribution in [0.5, 0.6) is 0 Å². The first kappa shape index (κ1) is 14.7. The van der Waals surface area contributed by atoms with Crippen LogP contribution in [0, 0.1) is 0 Å². The number of amides is 1. The van der Waals surface area contributed by atoms with Crippen LogP contribution in [-0.2, 0) is 9.53 Å². The van der Waals surface area contributed by atoms with E-state index in [1.165, 1.54) is 0 Å². The number of benzene rings is 1. The topological polar surface area (TPSA) is 64.3 Å². The van der Waals surface area contributed by atoms with E-state index in [9.17, 15) is 4.79 Å². The molecule has 0 bridgehead atoms. The molecule has 1 atom stereocenters. The second-order valence-electron chi connectivity index (χ2n) is 5.22. The van der Waals surface area contributed by atoms with Crippen molar-refractivity contribution in [2.45, 2.75) is 32.4 Å². The average molecular weight is 250 g/mol. The molecule has 0 saturated heterocycles. The van der Waals surface area contributed by atoms with Crippen molar-refractivity contribution in [1.82, 2.24) is 5.32 Å². The molecule has 0 spiro atoms. The van der Waals surface area contributed by atoms with Gasteiger partial charge in [-0.3, -0.25) is 4.79 Å². The van der Waals surface area contributed by atoms with Gasteiger partial charge in [0, 0.05) is 12.6 Å². The summed E-state index contributed by atoms with van der Waals surface area (Å²) in [6, 6.07) is 9.50. The van der Waals surface area contributed by atoms with Crippen molar-refractivity contribution in [3.63, 3.8) is 0 Å². The Morgan fingerprint density at radius 3 is 2.50 bits per heavy atom. The summed E-state index contributed by atoms with van der Waals surface area (Å²) in [4.78, 5) is 11.5. The van der Waals surface area contributed by atoms with Gasteiger partial charge in [-0.05, 0) is 26.3 Å². The third kappa shape index (κ3) is 5.80. The van der Waals surface area contributed by atoms with E-state index in [4.69, 9.17) is 10.5 Å². The first-order valence-corrected chi connectivity index (χ1v) is 6.09. The molecule has 0 heterocycles. The SMILES string of the molecule is CC(C)(C)OCC(=O)NCC(N)c1ccccc1. The Labute approximate surface area is 109 Å². The fraction of sp³-hybridized carbons (Fsp3) is 0.500. The monoisotopic (exact) mass is 250 g/mol. The summed E-state index contributed by atoms with van der Waals surface area (Å²) in [6.07, 6.45) is 0. The summed E-state index contributed by atoms with van der Waals surface area (Å²) in [5.74, 6) is -0.142. The number of hydrogen-bond donors (Lipinski definition) is 2. The predicted molar refractivity (Wildman–Crippen MR) is 72.1 cm³/mol. The maximum Gasteiger partial charge on any atom is 0.246 e. The van der Waals surface area contributed by atoms with Gasteiger partial charge >= 0.3 is 0 Å². The van der Waals surface area contributed by atoms with Crippen molar-refractivity contribution in [1.29, 1.82) is 0 Å². The van der Waals surface area contributed by atoms with Crippen LogP contribution in [0.1, 0.15) is 32.4 Å². The van der Waals surface area contributed by atoms with E-state index in [1.54, 1.807) is 0 Å². The van der Waals surface area contributed by atoms with E-state index in [-0.39, 0.29) is 24.2 Å². The van der Waals surface area contributed by atoms with E-state index in [0.29, 0.717) is 6.54 Å². The van der Waals surface area contributed by atoms with Gasteiger partial charge in [-0.15, -0.1) is 0 Å². The van der Waals surface area contributed by atoms with E-state index in [0.717, 1.165) is 5.56 Å². The van der Waals surface area contributed by atoms with Crippen LogP contribution < -0.4 is 11.1 Å². The maximum atomic E-state index is 11.5. The first-order valence-electron chi connectivity index (χ1n) is 6.09. The minimum Gasteiger partial charge on any atom is -0.366 e. The molecule has 0 aliphatic carbocycles. The van der Waals surface area contributed by atoms with E-state index < -0.39 is 0 Å². The van der Waals surface area contributed by atoms with Gasteiger partial charge in [-0.1, -0.05) is 30.3 Å². The van der Waals surface area contributed by atoms with Crippen molar-refractivity contribution in [2.24, 2.45) is 5.73 Å². The summed E-state index contributed by atoms with van der Waals surface area (Å²) in [5, 5.41) is 2.76. The fourth-order valence-corrected chi connectivity index (χ4v) is 1.37. The number of carbonyl (C=O) groups is 1. The smallest absolute Gasteiger partial charge is 0.246 e. The quantitative estimate of drug-likeness (QED) is 0.834. The van der Waals surface area contributed by atoms with Crippen molar-refractivity contribution >= 4 is 5.91 Å². The van der Waals surface area contributed by atoms with Crippen LogP contribution in [0.2, 0.25) is 0 Å². The number of rotatable bonds is 5. The summed E-state index contributed by atoms with van der Waals surface area (Å²) in [6.45, 7) is 6.21. The maximum absolute atomic E-state index is 11.5. The molecule has 18 heavy (non-hydrogen) atoms. The van der Waals surface area contributed by atoms with Crippen LogP contribution >= 0.6 is 0 Å². The van der Waals surface area contributed by atoms with Crippen molar-refractivity contribution in [3.05, 3.63) is 35.9 Å². The van der Waals surface area contributed by atoms with Gasteiger partial charge < -0.3 is 15.8 Å². The van der Waals surface area contributed by atoms with Gasteiger partial charge in [0.1, 0.15) is 6.61 Å². The molecule has 1 rings (SSSR count). The Bertz CT molecular complexity index is 371. The molecule has 0 radical (unpaired) electrons. The zero-order chi connectivity index (χ0) is 13.6. The normalized spacial score (nSPS) is 13.1. The molecule has 0 aromatic heterocycles. The lowest BCUT2D eigenvalue weighted by Gasteiger charge is -2.19. The lowest BCUT2D eigenvalue weighted by atomic mass is 10.1. The molecule has 0 fully saturated rings. The standard InChI is InChI=1S/C14H22N2O2/c1-14(2,3)18-10-13(17)16-9-12(15)11-7-5-4-6-8-11/h4-8,12H,9-10,15H2,1-3H3,(H,16,17). The molecule has 0 aliphatic heterocycles. The number of carbonyl (C=O) groups excluding carboxylic acids is 1. The molecule has 3 N–H and O–H groups in total. The summed E-state index contributed by atoms with van der Waals surface area (Å²) >= 11 is 0. The minimum absolute atomic E-state index is 0.0605. The second-order valence-corrected chi connectivity index (χ2v) is 5.22. The molecule has 1 aromatic rings. The molecule has 0 saturated carbocycles. The van der Waals surface area contributed by atoms with Gasteiger partial charge in [0.2, 0.25) is 5.91 Å². The Balaban J connectivity index is 2.31. The van der Waals surface area contributed by atoms with E-state index in [1.807, 2.05) is 51.1 Å². The summed E-state index contributed by atoms with van der Waals surface area (Å²) in [5.41, 5.74) is 6.67. The van der Waals surface area contributed by atoms with Gasteiger partial charge in [-0.25, -0.2) is 0 Å². The third-order valence-corrected chi connectivity index (χ3v) is 2.38. The molecule has 100 valence electrons. The van der Waals surface area contributed by atoms with Crippen LogP contribution in [0.3, 0.4) is 0 Å². The lowest BCUT2D eigenvalue weighted by molar-refractivity contribution is -0.130. The third-order valence-electron chi connectivity index (χ3n) is 2.38. The molecule has 1 amide bonds. The number of nitrogens with two attached hydrogens (primary N) is 1. The molecular weight excluding hydrogens is 228 g/mol. The summed E-state index contributed by atoms with van der Waals surface area (Å²) in [7, 11) is 0. The Morgan fingerprint density at radius 2 is 1.94 bits per heavy atom. The zero-order valence-electron chi connectivity index (χ0n) is 11.3. The second kappa shape index (κ2) is 6.52. The largest absolute Gasteiger partial charge is 0.366 e. The van der Waals surface area contributed by atoms with E-state index >= 15 is 0 Å². The highest BCUT2D eigenvalue weighted by Crippen LogP contribution is 2.08. The molecule has 0 aliphatic rings. The Hall–Kier alpha value is -1.39. The highest BCUT2D eigenvalue weighted by molar-refractivity contribution is 5.77. The highest BCUT2D eigenvalue weighted by atomic mass is 16.5. The van der Waals surface area contributed by atoms with Crippen LogP contribution in [0.15, 0.2) is 30.3 Å². The van der Waals surface area contributed by atoms with Crippen molar-refractivity contribution < 1.29 is 9.53 Å². The fourth-order valence-electron chi connectivity index (χ4n) is 1.37. The average Bonchev–Trinajstić information content (AvgIpc) is 2.33. The minimum atomic E-state index is -0.307. The molecule has 4 nitrogen and oxygen atoms in total. The Morgan fingerprint density at radius 1 is 1.33 bits per heavy atom. The van der Waals surface area contributed by atoms with Crippen molar-refractivity contribution in [2.75, 3.05) is 13.2 Å². The number of nitrogens with one attached hydrogen (secondary N) is 1. The molecule has 1 aromatic carbocycles. The Kier molecular flexibility index (Phi) is 5.31. The predicted octanol–water partition coefficient (Wildman–Crippen LogP) is 1.62. The van der Waals surface area contributed by atoms with Gasteiger partial charge in [0.15, 0.2) is 0 Å². The van der Waals surface area contributed by atoms with Crippen molar-refractivity contribution in [3.8, 4) is 0 Å². The lowest BCUT2D eigenvalue weighted by Crippen LogP contribution is -2.36. The number of hydrogen-bond acceptors (Lipinski definition) is 3.